The summed E-state index contributed by atoms with van der Waals surface area (Å²) in [4.78, 5) is 33.7. The lowest BCUT2D eigenvalue weighted by molar-refractivity contribution is -0.192. The number of alkyl halides is 3. The highest BCUT2D eigenvalue weighted by Crippen LogP contribution is 2.21. The highest BCUT2D eigenvalue weighted by Gasteiger charge is 2.38. The molecule has 1 saturated heterocycles. The second-order valence-corrected chi connectivity index (χ2v) is 7.78. The summed E-state index contributed by atoms with van der Waals surface area (Å²) >= 11 is 0. The second kappa shape index (κ2) is 11.6. The summed E-state index contributed by atoms with van der Waals surface area (Å²) in [5, 5.41) is 13.7. The third-order valence-corrected chi connectivity index (χ3v) is 5.32. The van der Waals surface area contributed by atoms with Crippen molar-refractivity contribution >= 4 is 29.0 Å². The van der Waals surface area contributed by atoms with E-state index in [4.69, 9.17) is 14.9 Å². The molecule has 0 aliphatic carbocycles. The lowest BCUT2D eigenvalue weighted by Gasteiger charge is -2.28. The molecule has 0 spiro atoms. The summed E-state index contributed by atoms with van der Waals surface area (Å²) < 4.78 is 35.2. The summed E-state index contributed by atoms with van der Waals surface area (Å²) in [6, 6.07) is 10.0. The molecule has 1 aliphatic heterocycles. The molecular weight excluding hydrogens is 479 g/mol. The predicted molar refractivity (Wildman–Crippen MR) is 129 cm³/mol. The van der Waals surface area contributed by atoms with Gasteiger partial charge in [0.25, 0.3) is 5.56 Å². The van der Waals surface area contributed by atoms with Crippen LogP contribution in [0.25, 0.3) is 11.2 Å². The van der Waals surface area contributed by atoms with Crippen molar-refractivity contribution in [1.82, 2.24) is 24.4 Å². The molecule has 0 atom stereocenters. The van der Waals surface area contributed by atoms with E-state index in [1.54, 1.807) is 18.5 Å². The van der Waals surface area contributed by atoms with E-state index in [9.17, 15) is 18.0 Å². The molecule has 0 bridgehead atoms. The number of hydrogen-bond donors (Lipinski definition) is 3. The molecule has 4 rings (SSSR count). The number of rotatable bonds is 5. The normalized spacial score (nSPS) is 13.4. The van der Waals surface area contributed by atoms with Gasteiger partial charge in [-0.1, -0.05) is 36.3 Å². The van der Waals surface area contributed by atoms with Crippen LogP contribution in [0, 0.1) is 11.8 Å². The number of benzene rings is 1. The molecule has 36 heavy (non-hydrogen) atoms. The van der Waals surface area contributed by atoms with Crippen molar-refractivity contribution in [2.45, 2.75) is 26.2 Å². The Morgan fingerprint density at radius 2 is 1.83 bits per heavy atom. The fourth-order valence-corrected chi connectivity index (χ4v) is 3.50. The molecule has 3 N–H and O–H groups in total. The molecule has 0 amide bonds. The number of halogens is 3. The van der Waals surface area contributed by atoms with Gasteiger partial charge < -0.3 is 20.6 Å². The number of piperazine rings is 1. The number of aromatic nitrogens is 4. The number of carbonyl (C=O) groups is 1. The average molecular weight is 506 g/mol. The Labute approximate surface area is 204 Å². The summed E-state index contributed by atoms with van der Waals surface area (Å²) in [6.45, 7) is 6.24. The molecule has 3 aromatic rings. The SMILES string of the molecule is CC#CCn1c(N2CCNCC2)nc2nc(NCc3ccccc3)n(C)c(=O)c21.O=C(O)C(F)(F)F. The smallest absolute Gasteiger partial charge is 0.475 e. The van der Waals surface area contributed by atoms with Crippen molar-refractivity contribution in [3.05, 3.63) is 46.2 Å². The predicted octanol–water partition coefficient (Wildman–Crippen LogP) is 1.81. The van der Waals surface area contributed by atoms with Gasteiger partial charge in [0.05, 0.1) is 6.54 Å². The zero-order valence-corrected chi connectivity index (χ0v) is 19.8. The Balaban J connectivity index is 0.000000454. The molecule has 3 heterocycles. The van der Waals surface area contributed by atoms with Gasteiger partial charge in [0.15, 0.2) is 11.2 Å². The van der Waals surface area contributed by atoms with Gasteiger partial charge in [0.2, 0.25) is 11.9 Å². The van der Waals surface area contributed by atoms with Crippen LogP contribution in [0.1, 0.15) is 12.5 Å². The van der Waals surface area contributed by atoms with Crippen molar-refractivity contribution in [2.24, 2.45) is 7.05 Å². The van der Waals surface area contributed by atoms with E-state index in [2.05, 4.69) is 32.4 Å². The monoisotopic (exact) mass is 505 g/mol. The Bertz CT molecular complexity index is 1320. The van der Waals surface area contributed by atoms with Crippen LogP contribution in [0.4, 0.5) is 25.1 Å². The quantitative estimate of drug-likeness (QED) is 0.450. The van der Waals surface area contributed by atoms with Crippen molar-refractivity contribution in [3.8, 4) is 11.8 Å². The van der Waals surface area contributed by atoms with Crippen molar-refractivity contribution < 1.29 is 23.1 Å². The molecule has 10 nitrogen and oxygen atoms in total. The number of hydrogen-bond acceptors (Lipinski definition) is 7. The first-order chi connectivity index (χ1) is 17.1. The molecule has 13 heteroatoms. The second-order valence-electron chi connectivity index (χ2n) is 7.78. The van der Waals surface area contributed by atoms with Gasteiger partial charge in [0.1, 0.15) is 0 Å². The molecule has 192 valence electrons. The molecule has 1 fully saturated rings. The first kappa shape index (κ1) is 26.6. The Morgan fingerprint density at radius 3 is 2.42 bits per heavy atom. The van der Waals surface area contributed by atoms with Crippen LogP contribution in [0.5, 0.6) is 0 Å². The molecule has 0 unspecified atom stereocenters. The number of anilines is 2. The molecule has 1 aliphatic rings. The number of aliphatic carboxylic acids is 1. The third kappa shape index (κ3) is 6.33. The molecule has 1 aromatic carbocycles. The van der Waals surface area contributed by atoms with E-state index < -0.39 is 12.1 Å². The minimum absolute atomic E-state index is 0.127. The number of fused-ring (bicyclic) bond motifs is 1. The minimum Gasteiger partial charge on any atom is -0.475 e. The Hall–Kier alpha value is -4.05. The van der Waals surface area contributed by atoms with Crippen LogP contribution >= 0.6 is 0 Å². The number of carboxylic acids is 1. The third-order valence-electron chi connectivity index (χ3n) is 5.32. The van der Waals surface area contributed by atoms with E-state index in [1.165, 1.54) is 0 Å². The molecule has 2 aromatic heterocycles. The average Bonchev–Trinajstić information content (AvgIpc) is 3.23. The van der Waals surface area contributed by atoms with Crippen LogP contribution in [-0.4, -0.2) is 62.5 Å². The van der Waals surface area contributed by atoms with Gasteiger partial charge in [0, 0.05) is 39.8 Å². The van der Waals surface area contributed by atoms with Crippen LogP contribution < -0.4 is 21.1 Å². The van der Waals surface area contributed by atoms with Crippen LogP contribution in [0.3, 0.4) is 0 Å². The van der Waals surface area contributed by atoms with Gasteiger partial charge in [-0.25, -0.2) is 4.79 Å². The lowest BCUT2D eigenvalue weighted by atomic mass is 10.2. The standard InChI is InChI=1S/C21H25N7O.C2HF3O2/c1-3-4-12-28-17-18(25-21(28)27-13-10-22-11-14-27)24-20(26(2)19(17)29)23-15-16-8-6-5-7-9-16;3-2(4,5)1(6)7/h5-9,22H,10-15H2,1-2H3,(H,23,24);(H,6,7). The van der Waals surface area contributed by atoms with E-state index in [-0.39, 0.29) is 5.56 Å². The van der Waals surface area contributed by atoms with Crippen LogP contribution in [-0.2, 0) is 24.9 Å². The first-order valence-electron chi connectivity index (χ1n) is 11.0. The largest absolute Gasteiger partial charge is 0.490 e. The molecular formula is C23H26F3N7O3. The summed E-state index contributed by atoms with van der Waals surface area (Å²) in [6.07, 6.45) is -5.08. The zero-order chi connectivity index (χ0) is 26.3. The Morgan fingerprint density at radius 1 is 1.19 bits per heavy atom. The van der Waals surface area contributed by atoms with E-state index in [1.807, 2.05) is 34.9 Å². The van der Waals surface area contributed by atoms with Crippen LogP contribution in [0.15, 0.2) is 35.1 Å². The van der Waals surface area contributed by atoms with Crippen LogP contribution in [0.2, 0.25) is 0 Å². The maximum Gasteiger partial charge on any atom is 0.490 e. The van der Waals surface area contributed by atoms with Crippen molar-refractivity contribution in [3.63, 3.8) is 0 Å². The lowest BCUT2D eigenvalue weighted by Crippen LogP contribution is -2.44. The fraction of sp³-hybridized carbons (Fsp3) is 0.391. The van der Waals surface area contributed by atoms with Crippen molar-refractivity contribution in [1.29, 1.82) is 0 Å². The minimum atomic E-state index is -5.08. The van der Waals surface area contributed by atoms with E-state index in [0.717, 1.165) is 37.7 Å². The fourth-order valence-electron chi connectivity index (χ4n) is 3.50. The van der Waals surface area contributed by atoms with Gasteiger partial charge in [-0.05, 0) is 12.5 Å². The van der Waals surface area contributed by atoms with Crippen molar-refractivity contribution in [2.75, 3.05) is 36.4 Å². The summed E-state index contributed by atoms with van der Waals surface area (Å²) in [5.74, 6) is 4.49. The molecule has 0 radical (unpaired) electrons. The number of carboxylic acid groups (broad SMARTS) is 1. The van der Waals surface area contributed by atoms with Gasteiger partial charge in [-0.2, -0.15) is 23.1 Å². The molecule has 0 saturated carbocycles. The number of nitrogens with zero attached hydrogens (tertiary/aromatic N) is 5. The number of imidazole rings is 1. The van der Waals surface area contributed by atoms with Gasteiger partial charge >= 0.3 is 12.1 Å². The highest BCUT2D eigenvalue weighted by atomic mass is 19.4. The maximum absolute atomic E-state index is 13.2. The van der Waals surface area contributed by atoms with Gasteiger partial charge in [-0.3, -0.25) is 13.9 Å². The maximum atomic E-state index is 13.2. The summed E-state index contributed by atoms with van der Waals surface area (Å²) in [5.41, 5.74) is 1.94. The summed E-state index contributed by atoms with van der Waals surface area (Å²) in [7, 11) is 1.73. The Kier molecular flexibility index (Phi) is 8.55. The van der Waals surface area contributed by atoms with E-state index >= 15 is 0 Å². The van der Waals surface area contributed by atoms with E-state index in [0.29, 0.717) is 30.2 Å². The van der Waals surface area contributed by atoms with Gasteiger partial charge in [-0.15, -0.1) is 5.92 Å². The topological polar surface area (TPSA) is 117 Å². The number of nitrogens with one attached hydrogen (secondary N) is 2. The zero-order valence-electron chi connectivity index (χ0n) is 19.8. The highest BCUT2D eigenvalue weighted by molar-refractivity contribution is 5.76. The first-order valence-corrected chi connectivity index (χ1v) is 11.0.